The van der Waals surface area contributed by atoms with Gasteiger partial charge in [0.15, 0.2) is 10.0 Å². The lowest BCUT2D eigenvalue weighted by atomic mass is 10.3. The second-order valence-corrected chi connectivity index (χ2v) is 4.10. The van der Waals surface area contributed by atoms with Crippen molar-refractivity contribution in [3.05, 3.63) is 15.0 Å². The SMILES string of the molecule is O[C@@H](c1csc(Br)n1)C(F)(F)F. The molecule has 1 N–H and O–H groups in total. The normalized spacial score (nSPS) is 14.8. The Labute approximate surface area is 78.2 Å². The van der Waals surface area contributed by atoms with E-state index in [0.29, 0.717) is 3.92 Å². The van der Waals surface area contributed by atoms with Crippen LogP contribution < -0.4 is 0 Å². The first-order valence-electron chi connectivity index (χ1n) is 2.77. The summed E-state index contributed by atoms with van der Waals surface area (Å²) in [5.74, 6) is 0. The van der Waals surface area contributed by atoms with Gasteiger partial charge in [0.2, 0.25) is 0 Å². The summed E-state index contributed by atoms with van der Waals surface area (Å²) in [5.41, 5.74) is -0.376. The summed E-state index contributed by atoms with van der Waals surface area (Å²) in [6.45, 7) is 0. The number of rotatable bonds is 1. The van der Waals surface area contributed by atoms with Gasteiger partial charge in [-0.05, 0) is 15.9 Å². The summed E-state index contributed by atoms with van der Waals surface area (Å²) < 4.78 is 35.9. The summed E-state index contributed by atoms with van der Waals surface area (Å²) in [7, 11) is 0. The van der Waals surface area contributed by atoms with Gasteiger partial charge in [-0.1, -0.05) is 0 Å². The molecule has 0 aliphatic carbocycles. The van der Waals surface area contributed by atoms with Crippen molar-refractivity contribution in [1.82, 2.24) is 4.98 Å². The van der Waals surface area contributed by atoms with Crippen molar-refractivity contribution >= 4 is 27.3 Å². The fourth-order valence-corrected chi connectivity index (χ4v) is 1.60. The maximum Gasteiger partial charge on any atom is 0.420 e. The lowest BCUT2D eigenvalue weighted by Gasteiger charge is -2.11. The molecule has 0 radical (unpaired) electrons. The van der Waals surface area contributed by atoms with Crippen LogP contribution in [-0.2, 0) is 0 Å². The lowest BCUT2D eigenvalue weighted by molar-refractivity contribution is -0.207. The molecule has 0 aliphatic rings. The number of alkyl halides is 3. The Bertz CT molecular complexity index is 274. The van der Waals surface area contributed by atoms with Gasteiger partial charge in [0, 0.05) is 5.38 Å². The summed E-state index contributed by atoms with van der Waals surface area (Å²) in [5, 5.41) is 9.82. The summed E-state index contributed by atoms with van der Waals surface area (Å²) in [6.07, 6.45) is -7.13. The van der Waals surface area contributed by atoms with Crippen LogP contribution in [0.2, 0.25) is 0 Å². The number of hydrogen-bond donors (Lipinski definition) is 1. The Morgan fingerprint density at radius 3 is 2.50 bits per heavy atom. The van der Waals surface area contributed by atoms with Crippen molar-refractivity contribution in [3.8, 4) is 0 Å². The van der Waals surface area contributed by atoms with E-state index in [9.17, 15) is 13.2 Å². The highest BCUT2D eigenvalue weighted by Crippen LogP contribution is 2.33. The van der Waals surface area contributed by atoms with Gasteiger partial charge in [0.25, 0.3) is 0 Å². The Morgan fingerprint density at radius 1 is 1.58 bits per heavy atom. The van der Waals surface area contributed by atoms with Gasteiger partial charge < -0.3 is 5.11 Å². The average Bonchev–Trinajstić information content (AvgIpc) is 2.32. The molecular weight excluding hydrogens is 259 g/mol. The highest BCUT2D eigenvalue weighted by Gasteiger charge is 2.40. The van der Waals surface area contributed by atoms with Gasteiger partial charge >= 0.3 is 6.18 Å². The summed E-state index contributed by atoms with van der Waals surface area (Å²) >= 11 is 3.89. The van der Waals surface area contributed by atoms with Crippen LogP contribution in [0.25, 0.3) is 0 Å². The van der Waals surface area contributed by atoms with Crippen molar-refractivity contribution in [2.75, 3.05) is 0 Å². The summed E-state index contributed by atoms with van der Waals surface area (Å²) in [4.78, 5) is 3.44. The Balaban J connectivity index is 2.85. The van der Waals surface area contributed by atoms with E-state index in [0.717, 1.165) is 16.7 Å². The predicted molar refractivity (Wildman–Crippen MR) is 40.8 cm³/mol. The maximum atomic E-state index is 11.8. The molecular formula is C5H3BrF3NOS. The van der Waals surface area contributed by atoms with E-state index in [-0.39, 0.29) is 5.69 Å². The van der Waals surface area contributed by atoms with Gasteiger partial charge in [-0.15, -0.1) is 11.3 Å². The zero-order valence-corrected chi connectivity index (χ0v) is 7.87. The minimum atomic E-state index is -4.65. The summed E-state index contributed by atoms with van der Waals surface area (Å²) in [6, 6.07) is 0. The van der Waals surface area contributed by atoms with Crippen LogP contribution >= 0.6 is 27.3 Å². The molecule has 0 saturated heterocycles. The Kier molecular flexibility index (Phi) is 2.74. The Hall–Kier alpha value is -0.140. The fourth-order valence-electron chi connectivity index (χ4n) is 0.556. The van der Waals surface area contributed by atoms with Crippen molar-refractivity contribution < 1.29 is 18.3 Å². The number of aliphatic hydroxyl groups is 1. The van der Waals surface area contributed by atoms with E-state index in [4.69, 9.17) is 5.11 Å². The van der Waals surface area contributed by atoms with Gasteiger partial charge in [-0.2, -0.15) is 13.2 Å². The number of aliphatic hydroxyl groups excluding tert-OH is 1. The number of nitrogens with zero attached hydrogens (tertiary/aromatic N) is 1. The molecule has 0 unspecified atom stereocenters. The third kappa shape index (κ3) is 2.18. The first kappa shape index (κ1) is 9.94. The van der Waals surface area contributed by atoms with Crippen LogP contribution in [0.3, 0.4) is 0 Å². The first-order chi connectivity index (χ1) is 5.41. The molecule has 12 heavy (non-hydrogen) atoms. The largest absolute Gasteiger partial charge is 0.420 e. The lowest BCUT2D eigenvalue weighted by Crippen LogP contribution is -2.20. The van der Waals surface area contributed by atoms with Crippen molar-refractivity contribution in [3.63, 3.8) is 0 Å². The van der Waals surface area contributed by atoms with E-state index in [1.807, 2.05) is 0 Å². The molecule has 0 bridgehead atoms. The maximum absolute atomic E-state index is 11.8. The molecule has 0 aliphatic heterocycles. The standard InChI is InChI=1S/C5H3BrF3NOS/c6-4-10-2(1-12-4)3(11)5(7,8)9/h1,3,11H/t3-/m0/s1. The second-order valence-electron chi connectivity index (χ2n) is 1.97. The molecule has 0 saturated carbocycles. The van der Waals surface area contributed by atoms with Crippen LogP contribution in [0.15, 0.2) is 9.30 Å². The quantitative estimate of drug-likeness (QED) is 0.843. The minimum Gasteiger partial charge on any atom is -0.378 e. The molecule has 0 amide bonds. The molecule has 7 heteroatoms. The van der Waals surface area contributed by atoms with E-state index in [1.54, 1.807) is 0 Å². The second kappa shape index (κ2) is 3.31. The van der Waals surface area contributed by atoms with Crippen molar-refractivity contribution in [2.45, 2.75) is 12.3 Å². The first-order valence-corrected chi connectivity index (χ1v) is 4.44. The molecule has 1 aromatic rings. The average molecular weight is 262 g/mol. The molecule has 1 atom stereocenters. The van der Waals surface area contributed by atoms with E-state index >= 15 is 0 Å². The highest BCUT2D eigenvalue weighted by molar-refractivity contribution is 9.11. The van der Waals surface area contributed by atoms with Crippen LogP contribution in [0.4, 0.5) is 13.2 Å². The molecule has 0 aromatic carbocycles. The molecule has 1 heterocycles. The fraction of sp³-hybridized carbons (Fsp3) is 0.400. The number of hydrogen-bond acceptors (Lipinski definition) is 3. The topological polar surface area (TPSA) is 33.1 Å². The number of aromatic nitrogens is 1. The molecule has 0 fully saturated rings. The molecule has 2 nitrogen and oxygen atoms in total. The highest BCUT2D eigenvalue weighted by atomic mass is 79.9. The predicted octanol–water partition coefficient (Wildman–Crippen LogP) is 2.50. The number of thiazole rings is 1. The minimum absolute atomic E-state index is 0.320. The third-order valence-corrected chi connectivity index (χ3v) is 2.47. The monoisotopic (exact) mass is 261 g/mol. The van der Waals surface area contributed by atoms with Gasteiger partial charge in [-0.3, -0.25) is 0 Å². The van der Waals surface area contributed by atoms with Crippen LogP contribution in [-0.4, -0.2) is 16.3 Å². The van der Waals surface area contributed by atoms with E-state index in [1.165, 1.54) is 0 Å². The smallest absolute Gasteiger partial charge is 0.378 e. The van der Waals surface area contributed by atoms with Gasteiger partial charge in [0.1, 0.15) is 0 Å². The van der Waals surface area contributed by atoms with Crippen molar-refractivity contribution in [1.29, 1.82) is 0 Å². The molecule has 1 rings (SSSR count). The molecule has 0 spiro atoms. The third-order valence-electron chi connectivity index (χ3n) is 1.08. The molecule has 1 aromatic heterocycles. The zero-order valence-electron chi connectivity index (χ0n) is 5.47. The Morgan fingerprint density at radius 2 is 2.17 bits per heavy atom. The van der Waals surface area contributed by atoms with Crippen LogP contribution in [0, 0.1) is 0 Å². The zero-order chi connectivity index (χ0) is 9.35. The van der Waals surface area contributed by atoms with Crippen LogP contribution in [0.5, 0.6) is 0 Å². The van der Waals surface area contributed by atoms with E-state index < -0.39 is 12.3 Å². The van der Waals surface area contributed by atoms with Gasteiger partial charge in [-0.25, -0.2) is 4.98 Å². The van der Waals surface area contributed by atoms with Gasteiger partial charge in [0.05, 0.1) is 5.69 Å². The van der Waals surface area contributed by atoms with Crippen LogP contribution in [0.1, 0.15) is 11.8 Å². The molecule has 68 valence electrons. The van der Waals surface area contributed by atoms with E-state index in [2.05, 4.69) is 20.9 Å². The van der Waals surface area contributed by atoms with Crippen molar-refractivity contribution in [2.24, 2.45) is 0 Å². The number of halogens is 4.